The van der Waals surface area contributed by atoms with Gasteiger partial charge in [-0.15, -0.1) is 0 Å². The van der Waals surface area contributed by atoms with Crippen LogP contribution >= 0.6 is 0 Å². The maximum atomic E-state index is 14.9. The topological polar surface area (TPSA) is 98.6 Å². The van der Waals surface area contributed by atoms with Gasteiger partial charge in [-0.05, 0) is 42.7 Å². The van der Waals surface area contributed by atoms with Crippen LogP contribution in [0.3, 0.4) is 0 Å². The van der Waals surface area contributed by atoms with Gasteiger partial charge in [0, 0.05) is 35.1 Å². The van der Waals surface area contributed by atoms with Gasteiger partial charge >= 0.3 is 0 Å². The highest BCUT2D eigenvalue weighted by Crippen LogP contribution is 2.42. The van der Waals surface area contributed by atoms with Crippen molar-refractivity contribution in [2.24, 2.45) is 0 Å². The van der Waals surface area contributed by atoms with Gasteiger partial charge in [-0.3, -0.25) is 4.98 Å². The number of nitriles is 1. The quantitative estimate of drug-likeness (QED) is 0.644. The third-order valence-corrected chi connectivity index (χ3v) is 7.25. The lowest BCUT2D eigenvalue weighted by atomic mass is 10.0. The molecule has 1 aliphatic rings. The van der Waals surface area contributed by atoms with Gasteiger partial charge < -0.3 is 10.3 Å². The number of rotatable bonds is 4. The number of anilines is 1. The molecule has 2 aromatic carbocycles. The first-order valence-corrected chi connectivity index (χ1v) is 10.5. The van der Waals surface area contributed by atoms with Crippen molar-refractivity contribution in [2.75, 3.05) is 5.73 Å². The van der Waals surface area contributed by atoms with Crippen LogP contribution < -0.4 is 5.73 Å². The molecule has 1 atom stereocenters. The first-order chi connectivity index (χ1) is 14.0. The molecule has 0 amide bonds. The standard InChI is InChI=1S/C22H19FN4OS/c23-18-11-15(7-8-17(18)19-12-27-21(25)13-26-19)16-5-1-2-6-20(16)29(28)22(14-24)9-3-4-10-22/h1-2,5-8,11-13H,3-4,9-10H2,(H2,25,27). The van der Waals surface area contributed by atoms with E-state index in [1.54, 1.807) is 24.3 Å². The molecule has 0 spiro atoms. The minimum absolute atomic E-state index is 0.264. The van der Waals surface area contributed by atoms with Crippen molar-refractivity contribution in [3.8, 4) is 28.5 Å². The number of benzene rings is 2. The summed E-state index contributed by atoms with van der Waals surface area (Å²) >= 11 is -1.50. The fourth-order valence-electron chi connectivity index (χ4n) is 3.73. The molecule has 1 aromatic heterocycles. The van der Waals surface area contributed by atoms with Crippen LogP contribution in [0.5, 0.6) is 0 Å². The van der Waals surface area contributed by atoms with Gasteiger partial charge in [-0.25, -0.2) is 9.37 Å². The van der Waals surface area contributed by atoms with E-state index in [2.05, 4.69) is 16.0 Å². The Morgan fingerprint density at radius 3 is 2.48 bits per heavy atom. The zero-order valence-corrected chi connectivity index (χ0v) is 16.5. The SMILES string of the molecule is N#CC1([S+]([O-])c2ccccc2-c2ccc(-c3cnc(N)cn3)c(F)c2)CCCC1. The molecule has 146 valence electrons. The fourth-order valence-corrected chi connectivity index (χ4v) is 5.48. The summed E-state index contributed by atoms with van der Waals surface area (Å²) < 4.78 is 27.4. The highest BCUT2D eigenvalue weighted by molar-refractivity contribution is 7.93. The summed E-state index contributed by atoms with van der Waals surface area (Å²) in [6.45, 7) is 0. The van der Waals surface area contributed by atoms with Crippen LogP contribution in [0.4, 0.5) is 10.2 Å². The van der Waals surface area contributed by atoms with E-state index in [0.29, 0.717) is 40.1 Å². The van der Waals surface area contributed by atoms with Crippen molar-refractivity contribution in [1.29, 1.82) is 5.26 Å². The summed E-state index contributed by atoms with van der Waals surface area (Å²) in [5.74, 6) is -0.196. The molecule has 1 saturated carbocycles. The van der Waals surface area contributed by atoms with E-state index < -0.39 is 21.7 Å². The predicted octanol–water partition coefficient (Wildman–Crippen LogP) is 4.48. The van der Waals surface area contributed by atoms with Crippen LogP contribution in [0.15, 0.2) is 59.8 Å². The lowest BCUT2D eigenvalue weighted by Gasteiger charge is -2.26. The first kappa shape index (κ1) is 19.4. The summed E-state index contributed by atoms with van der Waals surface area (Å²) in [5.41, 5.74) is 7.51. The number of hydrogen-bond acceptors (Lipinski definition) is 5. The summed E-state index contributed by atoms with van der Waals surface area (Å²) in [6, 6.07) is 14.3. The highest BCUT2D eigenvalue weighted by Gasteiger charge is 2.47. The molecule has 4 rings (SSSR count). The monoisotopic (exact) mass is 406 g/mol. The number of aromatic nitrogens is 2. The minimum atomic E-state index is -1.50. The number of hydrogen-bond donors (Lipinski definition) is 1. The van der Waals surface area contributed by atoms with Crippen LogP contribution in [-0.2, 0) is 11.2 Å². The first-order valence-electron chi connectivity index (χ1n) is 9.34. The smallest absolute Gasteiger partial charge is 0.215 e. The molecule has 1 fully saturated rings. The van der Waals surface area contributed by atoms with Gasteiger partial charge in [-0.1, -0.05) is 18.2 Å². The Hall–Kier alpha value is -2.95. The van der Waals surface area contributed by atoms with Crippen molar-refractivity contribution in [2.45, 2.75) is 35.3 Å². The van der Waals surface area contributed by atoms with Crippen LogP contribution in [0.1, 0.15) is 25.7 Å². The molecule has 1 unspecified atom stereocenters. The molecule has 1 heterocycles. The Labute approximate surface area is 171 Å². The van der Waals surface area contributed by atoms with Crippen LogP contribution in [-0.4, -0.2) is 19.3 Å². The maximum absolute atomic E-state index is 14.9. The number of nitrogens with two attached hydrogens (primary N) is 1. The Bertz CT molecular complexity index is 1070. The van der Waals surface area contributed by atoms with Crippen molar-refractivity contribution in [3.63, 3.8) is 0 Å². The largest absolute Gasteiger partial charge is 0.610 e. The molecule has 3 aromatic rings. The molecule has 29 heavy (non-hydrogen) atoms. The molecule has 0 aliphatic heterocycles. The third kappa shape index (κ3) is 3.57. The van der Waals surface area contributed by atoms with Gasteiger partial charge in [0.2, 0.25) is 4.75 Å². The van der Waals surface area contributed by atoms with E-state index >= 15 is 0 Å². The van der Waals surface area contributed by atoms with E-state index in [-0.39, 0.29) is 5.82 Å². The number of nitrogen functional groups attached to an aromatic ring is 1. The van der Waals surface area contributed by atoms with Crippen molar-refractivity contribution >= 4 is 17.0 Å². The molecular weight excluding hydrogens is 387 g/mol. The molecule has 0 bridgehead atoms. The van der Waals surface area contributed by atoms with Crippen molar-refractivity contribution in [3.05, 3.63) is 60.7 Å². The normalized spacial score (nSPS) is 16.3. The average Bonchev–Trinajstić information content (AvgIpc) is 3.24. The zero-order valence-electron chi connectivity index (χ0n) is 15.6. The number of halogens is 1. The summed E-state index contributed by atoms with van der Waals surface area (Å²) in [5, 5.41) is 9.71. The maximum Gasteiger partial charge on any atom is 0.215 e. The van der Waals surface area contributed by atoms with E-state index in [4.69, 9.17) is 5.73 Å². The molecule has 7 heteroatoms. The van der Waals surface area contributed by atoms with Gasteiger partial charge in [0.05, 0.1) is 18.1 Å². The fraction of sp³-hybridized carbons (Fsp3) is 0.227. The summed E-state index contributed by atoms with van der Waals surface area (Å²) in [6.07, 6.45) is 5.83. The second-order valence-electron chi connectivity index (χ2n) is 7.10. The van der Waals surface area contributed by atoms with Crippen LogP contribution in [0, 0.1) is 17.1 Å². The molecule has 5 nitrogen and oxygen atoms in total. The van der Waals surface area contributed by atoms with Crippen molar-refractivity contribution < 1.29 is 8.94 Å². The van der Waals surface area contributed by atoms with Gasteiger partial charge in [0.15, 0.2) is 4.90 Å². The Balaban J connectivity index is 1.74. The Morgan fingerprint density at radius 2 is 1.83 bits per heavy atom. The molecule has 0 radical (unpaired) electrons. The van der Waals surface area contributed by atoms with Gasteiger partial charge in [0.1, 0.15) is 17.7 Å². The van der Waals surface area contributed by atoms with Crippen molar-refractivity contribution in [1.82, 2.24) is 9.97 Å². The lowest BCUT2D eigenvalue weighted by Crippen LogP contribution is -2.34. The van der Waals surface area contributed by atoms with E-state index in [9.17, 15) is 14.2 Å². The zero-order chi connectivity index (χ0) is 20.4. The number of nitrogens with zero attached hydrogens (tertiary/aromatic N) is 3. The second kappa shape index (κ2) is 7.82. The summed E-state index contributed by atoms with van der Waals surface area (Å²) in [7, 11) is 0. The van der Waals surface area contributed by atoms with Crippen LogP contribution in [0.2, 0.25) is 0 Å². The van der Waals surface area contributed by atoms with Gasteiger partial charge in [-0.2, -0.15) is 5.26 Å². The van der Waals surface area contributed by atoms with E-state index in [1.165, 1.54) is 18.5 Å². The average molecular weight is 406 g/mol. The predicted molar refractivity (Wildman–Crippen MR) is 110 cm³/mol. The Morgan fingerprint density at radius 1 is 1.07 bits per heavy atom. The Kier molecular flexibility index (Phi) is 5.22. The molecule has 0 saturated heterocycles. The van der Waals surface area contributed by atoms with E-state index in [1.807, 2.05) is 12.1 Å². The third-order valence-electron chi connectivity index (χ3n) is 5.28. The highest BCUT2D eigenvalue weighted by atomic mass is 32.2. The molecular formula is C22H19FN4OS. The van der Waals surface area contributed by atoms with Gasteiger partial charge in [0.25, 0.3) is 0 Å². The second-order valence-corrected chi connectivity index (χ2v) is 8.86. The summed E-state index contributed by atoms with van der Waals surface area (Å²) in [4.78, 5) is 8.64. The van der Waals surface area contributed by atoms with E-state index in [0.717, 1.165) is 12.8 Å². The minimum Gasteiger partial charge on any atom is -0.610 e. The van der Waals surface area contributed by atoms with Crippen LogP contribution in [0.25, 0.3) is 22.4 Å². The lowest BCUT2D eigenvalue weighted by molar-refractivity contribution is 0.557. The molecule has 2 N–H and O–H groups in total. The molecule has 1 aliphatic carbocycles.